The fraction of sp³-hybridized carbons (Fsp3) is 0.158. The van der Waals surface area contributed by atoms with E-state index in [0.717, 1.165) is 28.3 Å². The van der Waals surface area contributed by atoms with Gasteiger partial charge in [-0.05, 0) is 30.5 Å². The maximum absolute atomic E-state index is 12.6. The van der Waals surface area contributed by atoms with Crippen LogP contribution in [0.15, 0.2) is 54.7 Å². The molecule has 134 valence electrons. The summed E-state index contributed by atoms with van der Waals surface area (Å²) >= 11 is 0. The zero-order valence-corrected chi connectivity index (χ0v) is 15.3. The number of rotatable bonds is 5. The predicted octanol–water partition coefficient (Wildman–Crippen LogP) is 2.84. The Labute approximate surface area is 152 Å². The molecular weight excluding hydrogens is 350 g/mol. The van der Waals surface area contributed by atoms with E-state index in [2.05, 4.69) is 15.0 Å². The summed E-state index contributed by atoms with van der Waals surface area (Å²) in [6.07, 6.45) is 2.75. The number of aryl methyl sites for hydroxylation is 1. The van der Waals surface area contributed by atoms with E-state index in [1.165, 1.54) is 0 Å². The maximum Gasteiger partial charge on any atom is 0.253 e. The van der Waals surface area contributed by atoms with Gasteiger partial charge < -0.3 is 5.32 Å². The molecule has 1 aromatic heterocycles. The molecule has 3 rings (SSSR count). The smallest absolute Gasteiger partial charge is 0.253 e. The molecule has 0 atom stereocenters. The number of nitrogens with zero attached hydrogens (tertiary/aromatic N) is 1. The van der Waals surface area contributed by atoms with Gasteiger partial charge in [-0.15, -0.1) is 0 Å². The Morgan fingerprint density at radius 3 is 2.65 bits per heavy atom. The zero-order valence-electron chi connectivity index (χ0n) is 14.5. The van der Waals surface area contributed by atoms with Gasteiger partial charge in [-0.1, -0.05) is 35.9 Å². The average molecular weight is 369 g/mol. The summed E-state index contributed by atoms with van der Waals surface area (Å²) < 4.78 is 25.4. The molecule has 0 saturated carbocycles. The summed E-state index contributed by atoms with van der Waals surface area (Å²) in [5, 5.41) is 4.83. The van der Waals surface area contributed by atoms with Crippen molar-refractivity contribution < 1.29 is 13.2 Å². The highest BCUT2D eigenvalue weighted by molar-refractivity contribution is 7.92. The lowest BCUT2D eigenvalue weighted by atomic mass is 10.1. The minimum Gasteiger partial charge on any atom is -0.346 e. The number of aromatic nitrogens is 1. The molecule has 2 N–H and O–H groups in total. The molecular formula is C19H19N3O3S. The number of anilines is 1. The molecule has 0 unspecified atom stereocenters. The number of hydrogen-bond donors (Lipinski definition) is 2. The Morgan fingerprint density at radius 1 is 1.12 bits per heavy atom. The van der Waals surface area contributed by atoms with Gasteiger partial charge in [-0.2, -0.15) is 0 Å². The SMILES string of the molecule is Cc1ccc(NS(C)(=O)=O)c(C(=O)NCc2nccc3ccccc23)c1. The van der Waals surface area contributed by atoms with Crippen molar-refractivity contribution in [3.63, 3.8) is 0 Å². The van der Waals surface area contributed by atoms with Crippen molar-refractivity contribution in [3.05, 3.63) is 71.5 Å². The molecule has 3 aromatic rings. The van der Waals surface area contributed by atoms with E-state index in [4.69, 9.17) is 0 Å². The van der Waals surface area contributed by atoms with Crippen LogP contribution in [0.1, 0.15) is 21.6 Å². The standard InChI is InChI=1S/C19H19N3O3S/c1-13-7-8-17(22-26(2,24)25)16(11-13)19(23)21-12-18-15-6-4-3-5-14(15)9-10-20-18/h3-11,22H,12H2,1-2H3,(H,21,23). The number of fused-ring (bicyclic) bond motifs is 1. The molecule has 0 fully saturated rings. The third-order valence-corrected chi connectivity index (χ3v) is 4.48. The van der Waals surface area contributed by atoms with Gasteiger partial charge in [-0.25, -0.2) is 8.42 Å². The number of sulfonamides is 1. The van der Waals surface area contributed by atoms with Gasteiger partial charge in [0.25, 0.3) is 5.91 Å². The molecule has 1 heterocycles. The van der Waals surface area contributed by atoms with Gasteiger partial charge in [0.05, 0.1) is 29.7 Å². The highest BCUT2D eigenvalue weighted by atomic mass is 32.2. The van der Waals surface area contributed by atoms with Crippen molar-refractivity contribution in [3.8, 4) is 0 Å². The monoisotopic (exact) mass is 369 g/mol. The largest absolute Gasteiger partial charge is 0.346 e. The second-order valence-corrected chi connectivity index (χ2v) is 7.83. The van der Waals surface area contributed by atoms with Crippen molar-refractivity contribution in [2.45, 2.75) is 13.5 Å². The van der Waals surface area contributed by atoms with E-state index in [9.17, 15) is 13.2 Å². The van der Waals surface area contributed by atoms with Crippen molar-refractivity contribution in [2.75, 3.05) is 11.0 Å². The number of amides is 1. The number of nitrogens with one attached hydrogen (secondary N) is 2. The molecule has 1 amide bonds. The van der Waals surface area contributed by atoms with Crippen LogP contribution in [-0.2, 0) is 16.6 Å². The summed E-state index contributed by atoms with van der Waals surface area (Å²) in [6.45, 7) is 2.08. The summed E-state index contributed by atoms with van der Waals surface area (Å²) in [6, 6.07) is 14.7. The first-order valence-electron chi connectivity index (χ1n) is 8.03. The number of benzene rings is 2. The van der Waals surface area contributed by atoms with E-state index in [1.54, 1.807) is 24.4 Å². The van der Waals surface area contributed by atoms with Crippen LogP contribution in [0.5, 0.6) is 0 Å². The number of carbonyl (C=O) groups is 1. The number of carbonyl (C=O) groups excluding carboxylic acids is 1. The lowest BCUT2D eigenvalue weighted by Crippen LogP contribution is -2.25. The Hall–Kier alpha value is -2.93. The number of hydrogen-bond acceptors (Lipinski definition) is 4. The molecule has 0 aliphatic rings. The Balaban J connectivity index is 1.85. The summed E-state index contributed by atoms with van der Waals surface area (Å²) in [5.41, 5.74) is 2.14. The third kappa shape index (κ3) is 4.18. The van der Waals surface area contributed by atoms with Gasteiger partial charge in [0, 0.05) is 11.6 Å². The minimum absolute atomic E-state index is 0.243. The highest BCUT2D eigenvalue weighted by Crippen LogP contribution is 2.20. The Morgan fingerprint density at radius 2 is 1.88 bits per heavy atom. The van der Waals surface area contributed by atoms with Gasteiger partial charge in [0.15, 0.2) is 0 Å². The second kappa shape index (κ2) is 7.13. The van der Waals surface area contributed by atoms with E-state index in [-0.39, 0.29) is 23.7 Å². The van der Waals surface area contributed by atoms with Crippen LogP contribution in [-0.4, -0.2) is 25.6 Å². The van der Waals surface area contributed by atoms with E-state index in [1.807, 2.05) is 37.3 Å². The van der Waals surface area contributed by atoms with E-state index < -0.39 is 10.0 Å². The van der Waals surface area contributed by atoms with Gasteiger partial charge >= 0.3 is 0 Å². The van der Waals surface area contributed by atoms with Crippen molar-refractivity contribution in [1.82, 2.24) is 10.3 Å². The Bertz CT molecular complexity index is 1070. The van der Waals surface area contributed by atoms with Crippen molar-refractivity contribution in [1.29, 1.82) is 0 Å². The molecule has 0 spiro atoms. The van der Waals surface area contributed by atoms with E-state index in [0.29, 0.717) is 0 Å². The van der Waals surface area contributed by atoms with Gasteiger partial charge in [0.1, 0.15) is 0 Å². The third-order valence-electron chi connectivity index (χ3n) is 3.89. The summed E-state index contributed by atoms with van der Waals surface area (Å²) in [4.78, 5) is 17.0. The quantitative estimate of drug-likeness (QED) is 0.724. The highest BCUT2D eigenvalue weighted by Gasteiger charge is 2.15. The van der Waals surface area contributed by atoms with Crippen LogP contribution in [0, 0.1) is 6.92 Å². The van der Waals surface area contributed by atoms with Crippen LogP contribution < -0.4 is 10.0 Å². The van der Waals surface area contributed by atoms with Crippen molar-refractivity contribution >= 4 is 32.4 Å². The minimum atomic E-state index is -3.48. The molecule has 7 heteroatoms. The van der Waals surface area contributed by atoms with Gasteiger partial charge in [0.2, 0.25) is 10.0 Å². The fourth-order valence-corrected chi connectivity index (χ4v) is 3.29. The molecule has 26 heavy (non-hydrogen) atoms. The number of pyridine rings is 1. The first-order valence-corrected chi connectivity index (χ1v) is 9.92. The molecule has 0 saturated heterocycles. The van der Waals surface area contributed by atoms with Crippen LogP contribution >= 0.6 is 0 Å². The summed E-state index contributed by atoms with van der Waals surface area (Å²) in [5.74, 6) is -0.366. The normalized spacial score (nSPS) is 11.3. The van der Waals surface area contributed by atoms with Crippen LogP contribution in [0.4, 0.5) is 5.69 Å². The molecule has 0 aliphatic heterocycles. The van der Waals surface area contributed by atoms with Crippen LogP contribution in [0.3, 0.4) is 0 Å². The average Bonchev–Trinajstić information content (AvgIpc) is 2.60. The topological polar surface area (TPSA) is 88.2 Å². The lowest BCUT2D eigenvalue weighted by Gasteiger charge is -2.12. The zero-order chi connectivity index (χ0) is 18.7. The Kier molecular flexibility index (Phi) is 4.90. The molecule has 6 nitrogen and oxygen atoms in total. The molecule has 2 aromatic carbocycles. The van der Waals surface area contributed by atoms with Crippen LogP contribution in [0.2, 0.25) is 0 Å². The first kappa shape index (κ1) is 17.9. The molecule has 0 aliphatic carbocycles. The second-order valence-electron chi connectivity index (χ2n) is 6.08. The lowest BCUT2D eigenvalue weighted by molar-refractivity contribution is 0.0951. The fourth-order valence-electron chi connectivity index (χ4n) is 2.72. The first-order chi connectivity index (χ1) is 12.3. The molecule has 0 radical (unpaired) electrons. The summed E-state index contributed by atoms with van der Waals surface area (Å²) in [7, 11) is -3.48. The van der Waals surface area contributed by atoms with Crippen LogP contribution in [0.25, 0.3) is 10.8 Å². The predicted molar refractivity (Wildman–Crippen MR) is 103 cm³/mol. The molecule has 0 bridgehead atoms. The van der Waals surface area contributed by atoms with E-state index >= 15 is 0 Å². The maximum atomic E-state index is 12.6. The van der Waals surface area contributed by atoms with Crippen molar-refractivity contribution in [2.24, 2.45) is 0 Å². The van der Waals surface area contributed by atoms with Gasteiger partial charge in [-0.3, -0.25) is 14.5 Å².